The Morgan fingerprint density at radius 2 is 1.85 bits per heavy atom. The third-order valence-corrected chi connectivity index (χ3v) is 4.72. The van der Waals surface area contributed by atoms with Crippen molar-refractivity contribution in [3.8, 4) is 0 Å². The van der Waals surface area contributed by atoms with Gasteiger partial charge in [-0.2, -0.15) is 8.42 Å². The highest BCUT2D eigenvalue weighted by Crippen LogP contribution is 2.26. The summed E-state index contributed by atoms with van der Waals surface area (Å²) in [7, 11) is -4.02. The maximum atomic E-state index is 10.5. The van der Waals surface area contributed by atoms with Crippen LogP contribution in [0.5, 0.6) is 0 Å². The van der Waals surface area contributed by atoms with E-state index in [-0.39, 0.29) is 11.0 Å². The lowest BCUT2D eigenvalue weighted by Gasteiger charge is -2.20. The zero-order valence-corrected chi connectivity index (χ0v) is 12.4. The molecule has 3 rings (SSSR count). The van der Waals surface area contributed by atoms with Gasteiger partial charge >= 0.3 is 0 Å². The molecule has 0 saturated carbocycles. The number of nitrogens with zero attached hydrogens (tertiary/aromatic N) is 1. The molecule has 1 aromatic rings. The molecule has 2 heterocycles. The van der Waals surface area contributed by atoms with E-state index in [1.165, 1.54) is 31.5 Å². The first-order chi connectivity index (χ1) is 9.36. The van der Waals surface area contributed by atoms with Gasteiger partial charge in [0.15, 0.2) is 0 Å². The largest absolute Gasteiger partial charge is 0.391 e. The van der Waals surface area contributed by atoms with Crippen LogP contribution in [-0.2, 0) is 10.1 Å². The lowest BCUT2D eigenvalue weighted by atomic mass is 9.99. The molecule has 5 nitrogen and oxygen atoms in total. The van der Waals surface area contributed by atoms with Crippen LogP contribution in [0.2, 0.25) is 0 Å². The number of aryl methyl sites for hydroxylation is 1. The Kier molecular flexibility index (Phi) is 4.80. The van der Waals surface area contributed by atoms with E-state index < -0.39 is 10.1 Å². The van der Waals surface area contributed by atoms with E-state index >= 15 is 0 Å². The Labute approximate surface area is 120 Å². The third kappa shape index (κ3) is 4.02. The highest BCUT2D eigenvalue weighted by atomic mass is 32.2. The van der Waals surface area contributed by atoms with Crippen molar-refractivity contribution in [1.29, 1.82) is 0 Å². The molecule has 2 aliphatic rings. The summed E-state index contributed by atoms with van der Waals surface area (Å²) in [5.74, 6) is 0.610. The fraction of sp³-hybridized carbons (Fsp3) is 0.571. The molecule has 2 saturated heterocycles. The summed E-state index contributed by atoms with van der Waals surface area (Å²) >= 11 is 0. The van der Waals surface area contributed by atoms with E-state index in [4.69, 9.17) is 4.55 Å². The topological polar surface area (TPSA) is 77.8 Å². The van der Waals surface area contributed by atoms with E-state index in [9.17, 15) is 13.5 Å². The van der Waals surface area contributed by atoms with Crippen molar-refractivity contribution in [2.45, 2.75) is 30.8 Å². The lowest BCUT2D eigenvalue weighted by Crippen LogP contribution is -2.25. The van der Waals surface area contributed by atoms with Crippen LogP contribution < -0.4 is 0 Å². The maximum Gasteiger partial charge on any atom is 0.294 e. The normalized spacial score (nSPS) is 28.6. The molecule has 112 valence electrons. The van der Waals surface area contributed by atoms with Crippen LogP contribution in [0.25, 0.3) is 0 Å². The second-order valence-corrected chi connectivity index (χ2v) is 6.94. The molecule has 0 radical (unpaired) electrons. The molecule has 2 N–H and O–H groups in total. The minimum absolute atomic E-state index is 0.00694. The van der Waals surface area contributed by atoms with Crippen molar-refractivity contribution in [2.75, 3.05) is 19.6 Å². The van der Waals surface area contributed by atoms with Gasteiger partial charge in [0.1, 0.15) is 0 Å². The van der Waals surface area contributed by atoms with Crippen molar-refractivity contribution in [1.82, 2.24) is 4.90 Å². The Morgan fingerprint density at radius 1 is 1.20 bits per heavy atom. The molecule has 2 fully saturated rings. The highest BCUT2D eigenvalue weighted by Gasteiger charge is 2.33. The quantitative estimate of drug-likeness (QED) is 0.765. The Balaban J connectivity index is 0.000000149. The van der Waals surface area contributed by atoms with Crippen molar-refractivity contribution >= 4 is 10.1 Å². The van der Waals surface area contributed by atoms with Gasteiger partial charge in [-0.15, -0.1) is 0 Å². The van der Waals surface area contributed by atoms with Crippen LogP contribution in [0.4, 0.5) is 0 Å². The summed E-state index contributed by atoms with van der Waals surface area (Å²) in [6, 6.07) is 5.99. The average molecular weight is 299 g/mol. The van der Waals surface area contributed by atoms with E-state index in [1.807, 2.05) is 6.92 Å². The van der Waals surface area contributed by atoms with E-state index in [0.29, 0.717) is 5.92 Å². The summed E-state index contributed by atoms with van der Waals surface area (Å²) in [5, 5.41) is 9.36. The molecule has 0 spiro atoms. The molecule has 0 aromatic heterocycles. The number of benzene rings is 1. The number of hydrogen-bond donors (Lipinski definition) is 2. The van der Waals surface area contributed by atoms with Crippen LogP contribution in [0, 0.1) is 12.8 Å². The van der Waals surface area contributed by atoms with Gasteiger partial charge in [0.2, 0.25) is 0 Å². The SMILES string of the molecule is Cc1ccc(S(=O)(=O)O)cc1.O[C@@H]1CN2CCCC1C2. The van der Waals surface area contributed by atoms with Gasteiger partial charge in [-0.3, -0.25) is 4.55 Å². The third-order valence-electron chi connectivity index (χ3n) is 3.85. The highest BCUT2D eigenvalue weighted by molar-refractivity contribution is 7.85. The zero-order valence-electron chi connectivity index (χ0n) is 11.6. The molecule has 0 amide bonds. The number of piperidine rings is 1. The molecular weight excluding hydrogens is 278 g/mol. The fourth-order valence-corrected chi connectivity index (χ4v) is 3.18. The monoisotopic (exact) mass is 299 g/mol. The van der Waals surface area contributed by atoms with Gasteiger partial charge in [0.05, 0.1) is 11.0 Å². The van der Waals surface area contributed by atoms with Crippen molar-refractivity contribution in [3.63, 3.8) is 0 Å². The van der Waals surface area contributed by atoms with Gasteiger partial charge in [-0.25, -0.2) is 0 Å². The minimum atomic E-state index is -4.02. The van der Waals surface area contributed by atoms with Crippen LogP contribution in [0.1, 0.15) is 18.4 Å². The van der Waals surface area contributed by atoms with Crippen LogP contribution in [-0.4, -0.2) is 48.7 Å². The number of fused-ring (bicyclic) bond motifs is 2. The summed E-state index contributed by atoms with van der Waals surface area (Å²) < 4.78 is 29.6. The Morgan fingerprint density at radius 3 is 2.35 bits per heavy atom. The van der Waals surface area contributed by atoms with Gasteiger partial charge < -0.3 is 10.0 Å². The molecule has 20 heavy (non-hydrogen) atoms. The smallest absolute Gasteiger partial charge is 0.294 e. The van der Waals surface area contributed by atoms with Crippen LogP contribution in [0.3, 0.4) is 0 Å². The summed E-state index contributed by atoms with van der Waals surface area (Å²) in [4.78, 5) is 2.29. The number of rotatable bonds is 1. The molecule has 2 bridgehead atoms. The van der Waals surface area contributed by atoms with Crippen molar-refractivity contribution < 1.29 is 18.1 Å². The minimum Gasteiger partial charge on any atom is -0.391 e. The first-order valence-corrected chi connectivity index (χ1v) is 8.25. The summed E-state index contributed by atoms with van der Waals surface area (Å²) in [6.07, 6.45) is 2.53. The van der Waals surface area contributed by atoms with E-state index in [2.05, 4.69) is 4.90 Å². The second-order valence-electron chi connectivity index (χ2n) is 5.52. The van der Waals surface area contributed by atoms with Crippen molar-refractivity contribution in [3.05, 3.63) is 29.8 Å². The van der Waals surface area contributed by atoms with Gasteiger partial charge in [-0.1, -0.05) is 17.7 Å². The molecule has 2 unspecified atom stereocenters. The first kappa shape index (κ1) is 15.4. The van der Waals surface area contributed by atoms with Gasteiger partial charge in [0, 0.05) is 13.1 Å². The fourth-order valence-electron chi connectivity index (χ4n) is 2.70. The predicted molar refractivity (Wildman–Crippen MR) is 76.2 cm³/mol. The predicted octanol–water partition coefficient (Wildman–Crippen LogP) is 1.31. The molecule has 2 aliphatic heterocycles. The zero-order chi connectivity index (χ0) is 14.8. The van der Waals surface area contributed by atoms with Gasteiger partial charge in [-0.05, 0) is 44.4 Å². The van der Waals surface area contributed by atoms with Crippen molar-refractivity contribution in [2.24, 2.45) is 5.92 Å². The number of hydrogen-bond acceptors (Lipinski definition) is 4. The summed E-state index contributed by atoms with van der Waals surface area (Å²) in [6.45, 7) is 5.15. The molecule has 1 aromatic carbocycles. The Hall–Kier alpha value is -0.950. The molecule has 3 atom stereocenters. The standard InChI is InChI=1S/C7H13NO.C7H8O3S/c9-7-5-8-3-1-2-6(7)4-8;1-6-2-4-7(5-3-6)11(8,9)10/h6-7,9H,1-5H2;2-5H,1H3,(H,8,9,10)/t6?,7-;/m1./s1. The van der Waals surface area contributed by atoms with Gasteiger partial charge in [0.25, 0.3) is 10.1 Å². The van der Waals surface area contributed by atoms with E-state index in [1.54, 1.807) is 12.1 Å². The molecular formula is C14H21NO4S. The van der Waals surface area contributed by atoms with E-state index in [0.717, 1.165) is 18.7 Å². The molecule has 6 heteroatoms. The molecule has 0 aliphatic carbocycles. The number of aliphatic hydroxyl groups excluding tert-OH is 1. The lowest BCUT2D eigenvalue weighted by molar-refractivity contribution is 0.144. The van der Waals surface area contributed by atoms with Crippen LogP contribution >= 0.6 is 0 Å². The Bertz CT molecular complexity index is 539. The summed E-state index contributed by atoms with van der Waals surface area (Å²) in [5.41, 5.74) is 0.956. The maximum absolute atomic E-state index is 10.5. The first-order valence-electron chi connectivity index (χ1n) is 6.81. The van der Waals surface area contributed by atoms with Crippen LogP contribution in [0.15, 0.2) is 29.2 Å². The average Bonchev–Trinajstić information content (AvgIpc) is 2.63. The second kappa shape index (κ2) is 6.22. The number of aliphatic hydroxyl groups is 1.